The average molecular weight is 366 g/mol. The summed E-state index contributed by atoms with van der Waals surface area (Å²) in [5, 5.41) is 17.9. The maximum absolute atomic E-state index is 12.1. The molecule has 0 aliphatic heterocycles. The smallest absolute Gasteiger partial charge is 0.227 e. The molecule has 3 N–H and O–H groups in total. The normalized spacial score (nSPS) is 14.2. The highest BCUT2D eigenvalue weighted by Gasteiger charge is 2.25. The SMILES string of the molecule is O=C(Nc1cccc(CNCc2cn[nH]c2-c2ccsc2)c1)C1CCC1. The number of nitrogens with zero attached hydrogens (tertiary/aromatic N) is 1. The molecule has 0 unspecified atom stereocenters. The number of aromatic amines is 1. The van der Waals surface area contributed by atoms with Crippen LogP contribution in [0.3, 0.4) is 0 Å². The number of carbonyl (C=O) groups excluding carboxylic acids is 1. The van der Waals surface area contributed by atoms with Crippen LogP contribution in [0, 0.1) is 5.92 Å². The van der Waals surface area contributed by atoms with Crippen LogP contribution in [0.25, 0.3) is 11.3 Å². The molecule has 2 aromatic heterocycles. The van der Waals surface area contributed by atoms with E-state index in [0.717, 1.165) is 48.4 Å². The van der Waals surface area contributed by atoms with Crippen LogP contribution in [0.1, 0.15) is 30.4 Å². The largest absolute Gasteiger partial charge is 0.326 e. The zero-order valence-corrected chi connectivity index (χ0v) is 15.3. The zero-order valence-electron chi connectivity index (χ0n) is 14.5. The second-order valence-electron chi connectivity index (χ2n) is 6.70. The molecule has 1 aliphatic rings. The minimum absolute atomic E-state index is 0.153. The second-order valence-corrected chi connectivity index (χ2v) is 7.48. The molecule has 26 heavy (non-hydrogen) atoms. The van der Waals surface area contributed by atoms with Gasteiger partial charge >= 0.3 is 0 Å². The van der Waals surface area contributed by atoms with Gasteiger partial charge in [0.05, 0.1) is 11.9 Å². The fourth-order valence-corrected chi connectivity index (χ4v) is 3.76. The Morgan fingerprint density at radius 3 is 2.96 bits per heavy atom. The fourth-order valence-electron chi connectivity index (χ4n) is 3.12. The molecule has 1 aromatic carbocycles. The Kier molecular flexibility index (Phi) is 5.13. The lowest BCUT2D eigenvalue weighted by atomic mass is 9.85. The number of nitrogens with one attached hydrogen (secondary N) is 3. The number of thiophene rings is 1. The van der Waals surface area contributed by atoms with Crippen LogP contribution in [0.4, 0.5) is 5.69 Å². The Labute approximate surface area is 156 Å². The minimum atomic E-state index is 0.153. The van der Waals surface area contributed by atoms with Crippen LogP contribution in [-0.2, 0) is 17.9 Å². The molecule has 0 spiro atoms. The molecule has 0 saturated heterocycles. The van der Waals surface area contributed by atoms with Crippen molar-refractivity contribution >= 4 is 22.9 Å². The molecule has 1 amide bonds. The van der Waals surface area contributed by atoms with Crippen molar-refractivity contribution in [3.8, 4) is 11.3 Å². The van der Waals surface area contributed by atoms with Crippen LogP contribution in [-0.4, -0.2) is 16.1 Å². The van der Waals surface area contributed by atoms with Gasteiger partial charge in [-0.2, -0.15) is 16.4 Å². The van der Waals surface area contributed by atoms with Gasteiger partial charge in [0.15, 0.2) is 0 Å². The molecule has 6 heteroatoms. The highest BCUT2D eigenvalue weighted by atomic mass is 32.1. The van der Waals surface area contributed by atoms with Gasteiger partial charge in [-0.05, 0) is 42.0 Å². The first-order valence-electron chi connectivity index (χ1n) is 8.95. The highest BCUT2D eigenvalue weighted by Crippen LogP contribution is 2.27. The molecule has 4 rings (SSSR count). The van der Waals surface area contributed by atoms with Gasteiger partial charge in [0.25, 0.3) is 0 Å². The van der Waals surface area contributed by atoms with Gasteiger partial charge in [0, 0.05) is 41.2 Å². The van der Waals surface area contributed by atoms with Crippen LogP contribution in [0.2, 0.25) is 0 Å². The fraction of sp³-hybridized carbons (Fsp3) is 0.300. The predicted molar refractivity (Wildman–Crippen MR) is 105 cm³/mol. The van der Waals surface area contributed by atoms with Crippen molar-refractivity contribution in [3.05, 3.63) is 58.4 Å². The zero-order chi connectivity index (χ0) is 17.8. The number of amides is 1. The van der Waals surface area contributed by atoms with Crippen LogP contribution in [0.15, 0.2) is 47.3 Å². The Bertz CT molecular complexity index is 868. The van der Waals surface area contributed by atoms with E-state index < -0.39 is 0 Å². The molecule has 5 nitrogen and oxygen atoms in total. The van der Waals surface area contributed by atoms with Gasteiger partial charge in [-0.3, -0.25) is 9.89 Å². The molecule has 0 radical (unpaired) electrons. The third-order valence-electron chi connectivity index (χ3n) is 4.84. The molecule has 1 saturated carbocycles. The van der Waals surface area contributed by atoms with Gasteiger partial charge in [-0.15, -0.1) is 0 Å². The van der Waals surface area contributed by atoms with E-state index in [1.54, 1.807) is 11.3 Å². The number of benzene rings is 1. The van der Waals surface area contributed by atoms with Crippen molar-refractivity contribution in [3.63, 3.8) is 0 Å². The Morgan fingerprint density at radius 1 is 1.27 bits per heavy atom. The van der Waals surface area contributed by atoms with E-state index in [1.165, 1.54) is 12.0 Å². The van der Waals surface area contributed by atoms with Crippen molar-refractivity contribution in [1.82, 2.24) is 15.5 Å². The summed E-state index contributed by atoms with van der Waals surface area (Å²) in [6, 6.07) is 10.1. The lowest BCUT2D eigenvalue weighted by molar-refractivity contribution is -0.122. The summed E-state index contributed by atoms with van der Waals surface area (Å²) in [5.74, 6) is 0.355. The highest BCUT2D eigenvalue weighted by molar-refractivity contribution is 7.08. The summed E-state index contributed by atoms with van der Waals surface area (Å²) >= 11 is 1.68. The van der Waals surface area contributed by atoms with Gasteiger partial charge in [-0.25, -0.2) is 0 Å². The topological polar surface area (TPSA) is 69.8 Å². The number of hydrogen-bond acceptors (Lipinski definition) is 4. The monoisotopic (exact) mass is 366 g/mol. The molecule has 1 aliphatic carbocycles. The first-order valence-corrected chi connectivity index (χ1v) is 9.89. The van der Waals surface area contributed by atoms with Crippen molar-refractivity contribution in [2.75, 3.05) is 5.32 Å². The summed E-state index contributed by atoms with van der Waals surface area (Å²) < 4.78 is 0. The van der Waals surface area contributed by atoms with Gasteiger partial charge in [0.2, 0.25) is 5.91 Å². The van der Waals surface area contributed by atoms with Gasteiger partial charge < -0.3 is 10.6 Å². The van der Waals surface area contributed by atoms with E-state index in [-0.39, 0.29) is 11.8 Å². The van der Waals surface area contributed by atoms with Crippen molar-refractivity contribution in [2.45, 2.75) is 32.4 Å². The third kappa shape index (κ3) is 3.86. The van der Waals surface area contributed by atoms with E-state index in [4.69, 9.17) is 0 Å². The number of hydrogen-bond donors (Lipinski definition) is 3. The molecule has 2 heterocycles. The molecule has 1 fully saturated rings. The lowest BCUT2D eigenvalue weighted by Gasteiger charge is -2.24. The maximum Gasteiger partial charge on any atom is 0.227 e. The molecular formula is C20H22N4OS. The quantitative estimate of drug-likeness (QED) is 0.588. The van der Waals surface area contributed by atoms with Crippen molar-refractivity contribution in [1.29, 1.82) is 0 Å². The summed E-state index contributed by atoms with van der Waals surface area (Å²) in [4.78, 5) is 12.1. The molecule has 0 bridgehead atoms. The van der Waals surface area contributed by atoms with E-state index in [1.807, 2.05) is 24.4 Å². The first-order chi connectivity index (χ1) is 12.8. The molecular weight excluding hydrogens is 344 g/mol. The summed E-state index contributed by atoms with van der Waals surface area (Å²) in [5.41, 5.74) is 5.42. The lowest BCUT2D eigenvalue weighted by Crippen LogP contribution is -2.28. The third-order valence-corrected chi connectivity index (χ3v) is 5.53. The summed E-state index contributed by atoms with van der Waals surface area (Å²) in [6.07, 6.45) is 5.08. The summed E-state index contributed by atoms with van der Waals surface area (Å²) in [6.45, 7) is 1.47. The molecule has 134 valence electrons. The maximum atomic E-state index is 12.1. The number of aromatic nitrogens is 2. The standard InChI is InChI=1S/C20H22N4OS/c25-20(15-4-2-5-15)23-18-6-1-3-14(9-18)10-21-11-17-12-22-24-19(17)16-7-8-26-13-16/h1,3,6-9,12-13,15,21H,2,4-5,10-11H2,(H,22,24)(H,23,25). The van der Waals surface area contributed by atoms with Crippen molar-refractivity contribution in [2.24, 2.45) is 5.92 Å². The van der Waals surface area contributed by atoms with E-state index in [0.29, 0.717) is 0 Å². The van der Waals surface area contributed by atoms with Gasteiger partial charge in [-0.1, -0.05) is 18.6 Å². The first kappa shape index (κ1) is 17.0. The number of rotatable bonds is 7. The van der Waals surface area contributed by atoms with Crippen LogP contribution < -0.4 is 10.6 Å². The van der Waals surface area contributed by atoms with E-state index in [9.17, 15) is 4.79 Å². The second kappa shape index (κ2) is 7.85. The van der Waals surface area contributed by atoms with Crippen LogP contribution >= 0.6 is 11.3 Å². The van der Waals surface area contributed by atoms with Crippen LogP contribution in [0.5, 0.6) is 0 Å². The Morgan fingerprint density at radius 2 is 2.19 bits per heavy atom. The molecule has 3 aromatic rings. The Balaban J connectivity index is 1.33. The average Bonchev–Trinajstić information content (AvgIpc) is 3.24. The predicted octanol–water partition coefficient (Wildman–Crippen LogP) is 4.17. The van der Waals surface area contributed by atoms with E-state index >= 15 is 0 Å². The van der Waals surface area contributed by atoms with Crippen molar-refractivity contribution < 1.29 is 4.79 Å². The number of carbonyl (C=O) groups is 1. The Hall–Kier alpha value is -2.44. The number of anilines is 1. The van der Waals surface area contributed by atoms with Gasteiger partial charge in [0.1, 0.15) is 0 Å². The minimum Gasteiger partial charge on any atom is -0.326 e. The summed E-state index contributed by atoms with van der Waals surface area (Å²) in [7, 11) is 0. The van der Waals surface area contributed by atoms with E-state index in [2.05, 4.69) is 43.7 Å². The molecule has 0 atom stereocenters. The number of H-pyrrole nitrogens is 1.